The van der Waals surface area contributed by atoms with Gasteiger partial charge in [-0.15, -0.1) is 0 Å². The number of aromatic amines is 1. The number of rotatable bonds is 6. The summed E-state index contributed by atoms with van der Waals surface area (Å²) < 4.78 is 0. The third kappa shape index (κ3) is 4.97. The summed E-state index contributed by atoms with van der Waals surface area (Å²) in [5.74, 6) is -0.280. The molecule has 0 aliphatic carbocycles. The van der Waals surface area contributed by atoms with Crippen LogP contribution in [0.2, 0.25) is 0 Å². The summed E-state index contributed by atoms with van der Waals surface area (Å²) >= 11 is 0. The van der Waals surface area contributed by atoms with Crippen LogP contribution in [-0.4, -0.2) is 41.3 Å². The van der Waals surface area contributed by atoms with Crippen molar-refractivity contribution < 1.29 is 9.59 Å². The van der Waals surface area contributed by atoms with E-state index in [2.05, 4.69) is 53.3 Å². The van der Waals surface area contributed by atoms with Crippen LogP contribution >= 0.6 is 0 Å². The number of benzene rings is 2. The molecule has 0 unspecified atom stereocenters. The number of aryl methyl sites for hydroxylation is 2. The van der Waals surface area contributed by atoms with E-state index in [1.807, 2.05) is 18.2 Å². The van der Waals surface area contributed by atoms with Gasteiger partial charge in [-0.05, 0) is 87.2 Å². The lowest BCUT2D eigenvalue weighted by Gasteiger charge is -2.30. The molecule has 1 fully saturated rings. The lowest BCUT2D eigenvalue weighted by molar-refractivity contribution is -0.123. The van der Waals surface area contributed by atoms with Crippen molar-refractivity contribution in [2.45, 2.75) is 33.1 Å². The number of fused-ring (bicyclic) bond motifs is 1. The summed E-state index contributed by atoms with van der Waals surface area (Å²) in [6.45, 7) is 6.92. The molecule has 6 nitrogen and oxygen atoms in total. The molecular formula is C25H30N4O2. The average molecular weight is 419 g/mol. The number of H-pyrrole nitrogens is 1. The number of primary amides is 1. The molecular weight excluding hydrogens is 388 g/mol. The summed E-state index contributed by atoms with van der Waals surface area (Å²) in [7, 11) is 0. The zero-order valence-electron chi connectivity index (χ0n) is 18.2. The topological polar surface area (TPSA) is 91.2 Å². The molecule has 6 heteroatoms. The zero-order chi connectivity index (χ0) is 22.0. The maximum Gasteiger partial charge on any atom is 0.272 e. The summed E-state index contributed by atoms with van der Waals surface area (Å²) in [5, 5.41) is 4.05. The molecule has 3 aromatic rings. The Labute approximate surface area is 182 Å². The molecule has 1 aromatic heterocycles. The highest BCUT2D eigenvalue weighted by Crippen LogP contribution is 2.22. The van der Waals surface area contributed by atoms with Crippen LogP contribution in [0.15, 0.2) is 42.5 Å². The number of carbonyl (C=O) groups is 2. The van der Waals surface area contributed by atoms with E-state index >= 15 is 0 Å². The molecule has 1 saturated heterocycles. The van der Waals surface area contributed by atoms with Crippen LogP contribution in [0.4, 0.5) is 5.69 Å². The van der Waals surface area contributed by atoms with E-state index < -0.39 is 0 Å². The van der Waals surface area contributed by atoms with Gasteiger partial charge in [0.15, 0.2) is 0 Å². The SMILES string of the molecule is Cc1cc(C)c2cc(C(=O)Nc3ccc(CCN4CCC(C(N)=O)CC4)cc3)[nH]c2c1. The number of nitrogens with two attached hydrogens (primary N) is 1. The van der Waals surface area contributed by atoms with Crippen molar-refractivity contribution >= 4 is 28.4 Å². The van der Waals surface area contributed by atoms with E-state index in [9.17, 15) is 9.59 Å². The van der Waals surface area contributed by atoms with Gasteiger partial charge in [0, 0.05) is 29.1 Å². The quantitative estimate of drug-likeness (QED) is 0.569. The van der Waals surface area contributed by atoms with Gasteiger partial charge in [0.2, 0.25) is 5.91 Å². The summed E-state index contributed by atoms with van der Waals surface area (Å²) in [4.78, 5) is 29.6. The molecule has 1 aliphatic heterocycles. The normalized spacial score (nSPS) is 15.3. The van der Waals surface area contributed by atoms with Gasteiger partial charge in [-0.25, -0.2) is 0 Å². The van der Waals surface area contributed by atoms with Crippen molar-refractivity contribution in [2.75, 3.05) is 25.0 Å². The second-order valence-electron chi connectivity index (χ2n) is 8.65. The van der Waals surface area contributed by atoms with Crippen molar-refractivity contribution in [3.05, 3.63) is 64.8 Å². The molecule has 0 atom stereocenters. The second kappa shape index (κ2) is 8.94. The van der Waals surface area contributed by atoms with Gasteiger partial charge < -0.3 is 20.9 Å². The Balaban J connectivity index is 1.32. The van der Waals surface area contributed by atoms with E-state index in [4.69, 9.17) is 5.73 Å². The van der Waals surface area contributed by atoms with Crippen LogP contribution in [0.25, 0.3) is 10.9 Å². The van der Waals surface area contributed by atoms with Gasteiger partial charge in [0.1, 0.15) is 5.69 Å². The minimum absolute atomic E-state index is 0.0318. The number of anilines is 1. The number of nitrogens with one attached hydrogen (secondary N) is 2. The lowest BCUT2D eigenvalue weighted by Crippen LogP contribution is -2.39. The van der Waals surface area contributed by atoms with E-state index in [1.54, 1.807) is 0 Å². The van der Waals surface area contributed by atoms with Crippen LogP contribution < -0.4 is 11.1 Å². The number of likely N-dealkylation sites (tertiary alicyclic amines) is 1. The number of carbonyl (C=O) groups excluding carboxylic acids is 2. The Kier molecular flexibility index (Phi) is 6.09. The van der Waals surface area contributed by atoms with Crippen LogP contribution in [0.3, 0.4) is 0 Å². The predicted octanol–water partition coefficient (Wildman–Crippen LogP) is 3.78. The van der Waals surface area contributed by atoms with Crippen LogP contribution in [-0.2, 0) is 11.2 Å². The lowest BCUT2D eigenvalue weighted by atomic mass is 9.96. The van der Waals surface area contributed by atoms with E-state index in [0.29, 0.717) is 5.69 Å². The summed E-state index contributed by atoms with van der Waals surface area (Å²) in [6, 6.07) is 14.1. The van der Waals surface area contributed by atoms with Crippen molar-refractivity contribution in [1.82, 2.24) is 9.88 Å². The Morgan fingerprint density at radius 3 is 2.48 bits per heavy atom. The van der Waals surface area contributed by atoms with Crippen molar-refractivity contribution in [2.24, 2.45) is 11.7 Å². The molecule has 2 aromatic carbocycles. The fourth-order valence-electron chi connectivity index (χ4n) is 4.40. The molecule has 0 saturated carbocycles. The molecule has 2 amide bonds. The Bertz CT molecular complexity index is 1090. The van der Waals surface area contributed by atoms with E-state index in [0.717, 1.165) is 61.1 Å². The first kappa shape index (κ1) is 21.1. The predicted molar refractivity (Wildman–Crippen MR) is 124 cm³/mol. The standard InChI is InChI=1S/C25H30N4O2/c1-16-13-17(2)21-15-23(28-22(21)14-16)25(31)27-20-5-3-18(4-6-20)7-10-29-11-8-19(9-12-29)24(26)30/h3-6,13-15,19,28H,7-12H2,1-2H3,(H2,26,30)(H,27,31). The molecule has 0 radical (unpaired) electrons. The molecule has 2 heterocycles. The first-order valence-electron chi connectivity index (χ1n) is 10.9. The number of piperidine rings is 1. The zero-order valence-corrected chi connectivity index (χ0v) is 18.2. The van der Waals surface area contributed by atoms with Gasteiger partial charge in [0.05, 0.1) is 0 Å². The summed E-state index contributed by atoms with van der Waals surface area (Å²) in [5.41, 5.74) is 11.3. The maximum absolute atomic E-state index is 12.7. The molecule has 4 N–H and O–H groups in total. The number of nitrogens with zero attached hydrogens (tertiary/aromatic N) is 1. The molecule has 0 spiro atoms. The highest BCUT2D eigenvalue weighted by molar-refractivity contribution is 6.06. The van der Waals surface area contributed by atoms with Crippen LogP contribution in [0.1, 0.15) is 40.0 Å². The number of hydrogen-bond acceptors (Lipinski definition) is 3. The number of aromatic nitrogens is 1. The van der Waals surface area contributed by atoms with Crippen molar-refractivity contribution in [1.29, 1.82) is 0 Å². The van der Waals surface area contributed by atoms with Gasteiger partial charge in [0.25, 0.3) is 5.91 Å². The molecule has 162 valence electrons. The molecule has 4 rings (SSSR count). The van der Waals surface area contributed by atoms with Gasteiger partial charge >= 0.3 is 0 Å². The average Bonchev–Trinajstić information content (AvgIpc) is 3.18. The fraction of sp³-hybridized carbons (Fsp3) is 0.360. The molecule has 0 bridgehead atoms. The molecule has 31 heavy (non-hydrogen) atoms. The van der Waals surface area contributed by atoms with Crippen molar-refractivity contribution in [3.8, 4) is 0 Å². The Morgan fingerprint density at radius 2 is 1.81 bits per heavy atom. The smallest absolute Gasteiger partial charge is 0.272 e. The largest absolute Gasteiger partial charge is 0.369 e. The minimum Gasteiger partial charge on any atom is -0.369 e. The highest BCUT2D eigenvalue weighted by Gasteiger charge is 2.22. The fourth-order valence-corrected chi connectivity index (χ4v) is 4.40. The minimum atomic E-state index is -0.171. The Hall–Kier alpha value is -3.12. The highest BCUT2D eigenvalue weighted by atomic mass is 16.2. The van der Waals surface area contributed by atoms with Gasteiger partial charge in [-0.1, -0.05) is 18.2 Å². The maximum atomic E-state index is 12.7. The second-order valence-corrected chi connectivity index (χ2v) is 8.65. The van der Waals surface area contributed by atoms with Crippen LogP contribution in [0, 0.1) is 19.8 Å². The molecule has 1 aliphatic rings. The Morgan fingerprint density at radius 1 is 1.10 bits per heavy atom. The van der Waals surface area contributed by atoms with Gasteiger partial charge in [-0.2, -0.15) is 0 Å². The van der Waals surface area contributed by atoms with E-state index in [1.165, 1.54) is 11.1 Å². The first-order chi connectivity index (χ1) is 14.9. The number of amides is 2. The van der Waals surface area contributed by atoms with Crippen molar-refractivity contribution in [3.63, 3.8) is 0 Å². The van der Waals surface area contributed by atoms with Crippen LogP contribution in [0.5, 0.6) is 0 Å². The number of hydrogen-bond donors (Lipinski definition) is 3. The third-order valence-electron chi connectivity index (χ3n) is 6.25. The summed E-state index contributed by atoms with van der Waals surface area (Å²) in [6.07, 6.45) is 2.65. The van der Waals surface area contributed by atoms with Gasteiger partial charge in [-0.3, -0.25) is 9.59 Å². The first-order valence-corrected chi connectivity index (χ1v) is 10.9. The third-order valence-corrected chi connectivity index (χ3v) is 6.25. The monoisotopic (exact) mass is 418 g/mol. The van der Waals surface area contributed by atoms with E-state index in [-0.39, 0.29) is 17.7 Å².